The third kappa shape index (κ3) is 1.74. The maximum absolute atomic E-state index is 12.0. The predicted molar refractivity (Wildman–Crippen MR) is 68.8 cm³/mol. The molecule has 1 fully saturated rings. The molecule has 1 saturated heterocycles. The number of anilines is 2. The van der Waals surface area contributed by atoms with Crippen molar-refractivity contribution in [1.29, 1.82) is 0 Å². The zero-order chi connectivity index (χ0) is 12.0. The Bertz CT molecular complexity index is 515. The van der Waals surface area contributed by atoms with Gasteiger partial charge in [-0.1, -0.05) is 6.07 Å². The van der Waals surface area contributed by atoms with Crippen LogP contribution in [0, 0.1) is 6.92 Å². The standard InChI is InChI=1S/C12H14N2O2S/c1-8-2-3-10-9(6-8)13-12(15)11-7-17(16)5-4-14(10)11/h2-3,6,11H,4-5,7H2,1H3,(H,13,15). The number of aryl methyl sites for hydroxylation is 1. The van der Waals surface area contributed by atoms with E-state index < -0.39 is 10.8 Å². The van der Waals surface area contributed by atoms with Gasteiger partial charge in [-0.15, -0.1) is 0 Å². The lowest BCUT2D eigenvalue weighted by Crippen LogP contribution is -2.55. The number of carbonyl (C=O) groups is 1. The smallest absolute Gasteiger partial charge is 0.248 e. The Morgan fingerprint density at radius 2 is 2.29 bits per heavy atom. The van der Waals surface area contributed by atoms with Crippen molar-refractivity contribution in [1.82, 2.24) is 0 Å². The molecule has 2 aliphatic rings. The largest absolute Gasteiger partial charge is 0.356 e. The van der Waals surface area contributed by atoms with Gasteiger partial charge in [0.2, 0.25) is 5.91 Å². The van der Waals surface area contributed by atoms with Gasteiger partial charge in [0.1, 0.15) is 6.04 Å². The fourth-order valence-electron chi connectivity index (χ4n) is 2.43. The summed E-state index contributed by atoms with van der Waals surface area (Å²) in [6.45, 7) is 2.70. The second-order valence-electron chi connectivity index (χ2n) is 4.53. The molecule has 2 atom stereocenters. The van der Waals surface area contributed by atoms with Gasteiger partial charge in [0.05, 0.1) is 17.1 Å². The minimum Gasteiger partial charge on any atom is -0.356 e. The normalized spacial score (nSPS) is 27.1. The van der Waals surface area contributed by atoms with Gasteiger partial charge in [-0.05, 0) is 24.6 Å². The van der Waals surface area contributed by atoms with Crippen LogP contribution >= 0.6 is 0 Å². The number of amides is 1. The molecule has 90 valence electrons. The molecular weight excluding hydrogens is 236 g/mol. The van der Waals surface area contributed by atoms with Crippen LogP contribution in [0.15, 0.2) is 18.2 Å². The number of carbonyl (C=O) groups excluding carboxylic acids is 1. The number of nitrogens with zero attached hydrogens (tertiary/aromatic N) is 1. The minimum atomic E-state index is -0.863. The molecule has 0 bridgehead atoms. The first-order chi connectivity index (χ1) is 8.15. The van der Waals surface area contributed by atoms with Crippen LogP contribution in [-0.4, -0.2) is 34.2 Å². The van der Waals surface area contributed by atoms with Crippen molar-refractivity contribution >= 4 is 28.1 Å². The molecule has 1 amide bonds. The predicted octanol–water partition coefficient (Wildman–Crippen LogP) is 0.884. The van der Waals surface area contributed by atoms with Crippen molar-refractivity contribution in [2.24, 2.45) is 0 Å². The Morgan fingerprint density at radius 1 is 1.47 bits per heavy atom. The first kappa shape index (κ1) is 10.8. The molecule has 2 unspecified atom stereocenters. The van der Waals surface area contributed by atoms with Crippen molar-refractivity contribution in [3.05, 3.63) is 23.8 Å². The molecule has 0 radical (unpaired) electrons. The van der Waals surface area contributed by atoms with E-state index in [4.69, 9.17) is 0 Å². The molecule has 0 aromatic heterocycles. The molecule has 1 N–H and O–H groups in total. The second kappa shape index (κ2) is 3.84. The highest BCUT2D eigenvalue weighted by molar-refractivity contribution is 7.85. The van der Waals surface area contributed by atoms with E-state index in [9.17, 15) is 9.00 Å². The van der Waals surface area contributed by atoms with Crippen LogP contribution in [-0.2, 0) is 15.6 Å². The van der Waals surface area contributed by atoms with E-state index >= 15 is 0 Å². The average molecular weight is 250 g/mol. The molecule has 4 nitrogen and oxygen atoms in total. The van der Waals surface area contributed by atoms with E-state index in [0.29, 0.717) is 18.1 Å². The highest BCUT2D eigenvalue weighted by Crippen LogP contribution is 2.34. The lowest BCUT2D eigenvalue weighted by molar-refractivity contribution is -0.117. The number of fused-ring (bicyclic) bond motifs is 3. The van der Waals surface area contributed by atoms with E-state index in [1.807, 2.05) is 25.1 Å². The lowest BCUT2D eigenvalue weighted by atomic mass is 10.1. The summed E-state index contributed by atoms with van der Waals surface area (Å²) < 4.78 is 11.5. The number of hydrogen-bond acceptors (Lipinski definition) is 3. The number of benzene rings is 1. The van der Waals surface area contributed by atoms with E-state index in [0.717, 1.165) is 16.9 Å². The molecule has 2 aliphatic heterocycles. The molecule has 1 aromatic rings. The van der Waals surface area contributed by atoms with Crippen LogP contribution in [0.5, 0.6) is 0 Å². The maximum atomic E-state index is 12.0. The van der Waals surface area contributed by atoms with Crippen LogP contribution < -0.4 is 10.2 Å². The van der Waals surface area contributed by atoms with Gasteiger partial charge < -0.3 is 10.2 Å². The van der Waals surface area contributed by atoms with Crippen molar-refractivity contribution in [2.75, 3.05) is 28.3 Å². The number of hydrogen-bond donors (Lipinski definition) is 1. The number of rotatable bonds is 0. The van der Waals surface area contributed by atoms with E-state index in [1.54, 1.807) is 0 Å². The minimum absolute atomic E-state index is 0.0313. The van der Waals surface area contributed by atoms with Gasteiger partial charge in [0.15, 0.2) is 0 Å². The van der Waals surface area contributed by atoms with Crippen molar-refractivity contribution < 1.29 is 9.00 Å². The Hall–Kier alpha value is -1.36. The van der Waals surface area contributed by atoms with Crippen molar-refractivity contribution in [3.8, 4) is 0 Å². The summed E-state index contributed by atoms with van der Waals surface area (Å²) in [5, 5.41) is 2.91. The summed E-state index contributed by atoms with van der Waals surface area (Å²) in [5.41, 5.74) is 3.05. The van der Waals surface area contributed by atoms with Gasteiger partial charge in [-0.3, -0.25) is 9.00 Å². The number of nitrogens with one attached hydrogen (secondary N) is 1. The zero-order valence-electron chi connectivity index (χ0n) is 9.60. The maximum Gasteiger partial charge on any atom is 0.248 e. The molecule has 1 aromatic carbocycles. The topological polar surface area (TPSA) is 49.4 Å². The third-order valence-electron chi connectivity index (χ3n) is 3.30. The fraction of sp³-hybridized carbons (Fsp3) is 0.417. The Labute approximate surface area is 102 Å². The summed E-state index contributed by atoms with van der Waals surface area (Å²) in [6.07, 6.45) is 0. The highest BCUT2D eigenvalue weighted by atomic mass is 32.2. The summed E-state index contributed by atoms with van der Waals surface area (Å²) >= 11 is 0. The Balaban J connectivity index is 2.05. The van der Waals surface area contributed by atoms with Gasteiger partial charge in [0.25, 0.3) is 0 Å². The van der Waals surface area contributed by atoms with Gasteiger partial charge >= 0.3 is 0 Å². The Morgan fingerprint density at radius 3 is 3.12 bits per heavy atom. The van der Waals surface area contributed by atoms with Crippen LogP contribution in [0.3, 0.4) is 0 Å². The molecule has 0 saturated carbocycles. The average Bonchev–Trinajstić information content (AvgIpc) is 2.29. The van der Waals surface area contributed by atoms with Crippen LogP contribution in [0.25, 0.3) is 0 Å². The summed E-state index contributed by atoms with van der Waals surface area (Å²) in [6, 6.07) is 5.79. The van der Waals surface area contributed by atoms with Crippen LogP contribution in [0.4, 0.5) is 11.4 Å². The van der Waals surface area contributed by atoms with Gasteiger partial charge in [0, 0.05) is 23.1 Å². The van der Waals surface area contributed by atoms with Crippen LogP contribution in [0.1, 0.15) is 5.56 Å². The van der Waals surface area contributed by atoms with Crippen LogP contribution in [0.2, 0.25) is 0 Å². The molecule has 0 aliphatic carbocycles. The van der Waals surface area contributed by atoms with Crippen molar-refractivity contribution in [2.45, 2.75) is 13.0 Å². The second-order valence-corrected chi connectivity index (χ2v) is 6.15. The molecule has 0 spiro atoms. The fourth-order valence-corrected chi connectivity index (χ4v) is 3.68. The highest BCUT2D eigenvalue weighted by Gasteiger charge is 2.36. The molecule has 2 heterocycles. The first-order valence-corrected chi connectivity index (χ1v) is 7.17. The molecular formula is C12H14N2O2S. The monoisotopic (exact) mass is 250 g/mol. The third-order valence-corrected chi connectivity index (χ3v) is 4.63. The van der Waals surface area contributed by atoms with Gasteiger partial charge in [-0.25, -0.2) is 0 Å². The van der Waals surface area contributed by atoms with E-state index in [2.05, 4.69) is 10.2 Å². The molecule has 5 heteroatoms. The quantitative estimate of drug-likeness (QED) is 0.744. The summed E-state index contributed by atoms with van der Waals surface area (Å²) in [4.78, 5) is 14.0. The van der Waals surface area contributed by atoms with Crippen molar-refractivity contribution in [3.63, 3.8) is 0 Å². The first-order valence-electron chi connectivity index (χ1n) is 5.68. The lowest BCUT2D eigenvalue weighted by Gasteiger charge is -2.40. The summed E-state index contributed by atoms with van der Waals surface area (Å²) in [5.74, 6) is 1.06. The van der Waals surface area contributed by atoms with E-state index in [1.165, 1.54) is 0 Å². The SMILES string of the molecule is Cc1ccc2c(c1)NC(=O)C1CS(=O)CCN21. The van der Waals surface area contributed by atoms with Gasteiger partial charge in [-0.2, -0.15) is 0 Å². The van der Waals surface area contributed by atoms with E-state index in [-0.39, 0.29) is 11.9 Å². The Kier molecular flexibility index (Phi) is 2.43. The zero-order valence-corrected chi connectivity index (χ0v) is 10.4. The molecule has 17 heavy (non-hydrogen) atoms. The summed E-state index contributed by atoms with van der Waals surface area (Å²) in [7, 11) is -0.863. The molecule has 3 rings (SSSR count).